The van der Waals surface area contributed by atoms with Crippen molar-refractivity contribution in [3.63, 3.8) is 0 Å². The number of likely N-dealkylation sites (tertiary alicyclic amines) is 1. The van der Waals surface area contributed by atoms with Crippen molar-refractivity contribution in [2.45, 2.75) is 50.4 Å². The minimum atomic E-state index is -1.01. The fourth-order valence-corrected chi connectivity index (χ4v) is 4.22. The molecule has 2 fully saturated rings. The maximum Gasteiger partial charge on any atom is 0.305 e. The minimum Gasteiger partial charge on any atom is -0.481 e. The molecule has 27 heavy (non-hydrogen) atoms. The molecule has 0 aliphatic carbocycles. The lowest BCUT2D eigenvalue weighted by molar-refractivity contribution is -0.138. The van der Waals surface area contributed by atoms with E-state index in [1.165, 1.54) is 24.8 Å². The second-order valence-corrected chi connectivity index (χ2v) is 8.05. The first kappa shape index (κ1) is 19.6. The van der Waals surface area contributed by atoms with Crippen molar-refractivity contribution in [3.05, 3.63) is 35.4 Å². The van der Waals surface area contributed by atoms with Crippen molar-refractivity contribution < 1.29 is 14.7 Å². The van der Waals surface area contributed by atoms with Crippen molar-refractivity contribution >= 4 is 35.0 Å². The first-order valence-electron chi connectivity index (χ1n) is 9.15. The second kappa shape index (κ2) is 9.14. The van der Waals surface area contributed by atoms with Crippen LogP contribution in [0.3, 0.4) is 0 Å². The van der Waals surface area contributed by atoms with Gasteiger partial charge in [-0.1, -0.05) is 42.4 Å². The Morgan fingerprint density at radius 1 is 1.41 bits per heavy atom. The van der Waals surface area contributed by atoms with E-state index in [1.54, 1.807) is 6.21 Å². The predicted molar refractivity (Wildman–Crippen MR) is 107 cm³/mol. The number of carbonyl (C=O) groups is 2. The minimum absolute atomic E-state index is 0.226. The summed E-state index contributed by atoms with van der Waals surface area (Å²) in [6.45, 7) is 4.27. The highest BCUT2D eigenvalue weighted by Gasteiger charge is 2.32. The van der Waals surface area contributed by atoms with Gasteiger partial charge in [-0.3, -0.25) is 14.5 Å². The van der Waals surface area contributed by atoms with Gasteiger partial charge in [0, 0.05) is 12.6 Å². The zero-order valence-corrected chi connectivity index (χ0v) is 16.1. The monoisotopic (exact) mass is 388 g/mol. The zero-order chi connectivity index (χ0) is 19.2. The molecule has 3 rings (SSSR count). The number of carboxylic acids is 1. The van der Waals surface area contributed by atoms with E-state index in [4.69, 9.17) is 5.11 Å². The Hall–Kier alpha value is -2.19. The van der Waals surface area contributed by atoms with Gasteiger partial charge in [-0.05, 0) is 37.4 Å². The third-order valence-electron chi connectivity index (χ3n) is 4.85. The summed E-state index contributed by atoms with van der Waals surface area (Å²) in [5.74, 6) is -1.34. The highest BCUT2D eigenvalue weighted by atomic mass is 32.2. The lowest BCUT2D eigenvalue weighted by Gasteiger charge is -2.33. The summed E-state index contributed by atoms with van der Waals surface area (Å²) in [7, 11) is 0. The number of amides is 1. The van der Waals surface area contributed by atoms with Gasteiger partial charge in [0.2, 0.25) is 5.91 Å². The molecular weight excluding hydrogens is 364 g/mol. The summed E-state index contributed by atoms with van der Waals surface area (Å²) in [4.78, 5) is 25.0. The molecule has 0 radical (unpaired) electrons. The number of hydrogen-bond donors (Lipinski definition) is 2. The lowest BCUT2D eigenvalue weighted by Crippen LogP contribution is -2.36. The van der Waals surface area contributed by atoms with E-state index in [9.17, 15) is 9.59 Å². The van der Waals surface area contributed by atoms with Crippen molar-refractivity contribution in [1.29, 1.82) is 0 Å². The van der Waals surface area contributed by atoms with Gasteiger partial charge in [-0.25, -0.2) is 0 Å². The molecule has 8 heteroatoms. The molecule has 2 aliphatic rings. The van der Waals surface area contributed by atoms with Crippen LogP contribution in [-0.4, -0.2) is 51.1 Å². The molecule has 2 unspecified atom stereocenters. The molecule has 0 aromatic heterocycles. The number of hydrogen-bond acceptors (Lipinski definition) is 6. The van der Waals surface area contributed by atoms with E-state index in [2.05, 4.69) is 33.4 Å². The molecule has 1 amide bonds. The predicted octanol–water partition coefficient (Wildman–Crippen LogP) is 2.46. The normalized spacial score (nSPS) is 25.2. The molecule has 1 aromatic rings. The van der Waals surface area contributed by atoms with E-state index in [1.807, 2.05) is 18.2 Å². The van der Waals surface area contributed by atoms with Gasteiger partial charge < -0.3 is 10.4 Å². The van der Waals surface area contributed by atoms with Crippen molar-refractivity contribution in [1.82, 2.24) is 10.2 Å². The number of amidine groups is 1. The van der Waals surface area contributed by atoms with Crippen LogP contribution in [0.5, 0.6) is 0 Å². The van der Waals surface area contributed by atoms with E-state index >= 15 is 0 Å². The molecule has 2 aliphatic heterocycles. The summed E-state index contributed by atoms with van der Waals surface area (Å²) in [5, 5.41) is 19.2. The molecule has 2 saturated heterocycles. The maximum atomic E-state index is 11.7. The highest BCUT2D eigenvalue weighted by Crippen LogP contribution is 2.23. The molecular formula is C19H24N4O3S. The third-order valence-corrected chi connectivity index (χ3v) is 5.92. The lowest BCUT2D eigenvalue weighted by atomic mass is 10.0. The standard InChI is InChI=1S/C19H24N4O3S/c1-13-6-4-5-9-23(13)12-15-8-3-2-7-14(15)11-20-22-19-21-18(26)16(27-19)10-17(24)25/h2-3,7-8,11,13,16H,4-6,9-10,12H2,1H3,(H,24,25)(H,21,22,26). The van der Waals surface area contributed by atoms with Crippen molar-refractivity contribution in [2.75, 3.05) is 6.54 Å². The number of piperidine rings is 1. The van der Waals surface area contributed by atoms with Gasteiger partial charge in [-0.2, -0.15) is 5.10 Å². The molecule has 7 nitrogen and oxygen atoms in total. The summed E-state index contributed by atoms with van der Waals surface area (Å²) in [6, 6.07) is 8.68. The topological polar surface area (TPSA) is 94.4 Å². The van der Waals surface area contributed by atoms with Crippen molar-refractivity contribution in [3.8, 4) is 0 Å². The molecule has 0 spiro atoms. The van der Waals surface area contributed by atoms with E-state index in [0.29, 0.717) is 11.2 Å². The molecule has 0 saturated carbocycles. The SMILES string of the molecule is CC1CCCCN1Cc1ccccc1C=NN=C1NC(=O)C(CC(=O)O)S1. The highest BCUT2D eigenvalue weighted by molar-refractivity contribution is 8.15. The Labute approximate surface area is 162 Å². The molecule has 2 heterocycles. The third kappa shape index (κ3) is 5.40. The number of thioether (sulfide) groups is 1. The number of carbonyl (C=O) groups excluding carboxylic acids is 1. The average Bonchev–Trinajstić information content (AvgIpc) is 2.97. The number of benzene rings is 1. The van der Waals surface area contributed by atoms with Crippen molar-refractivity contribution in [2.24, 2.45) is 10.2 Å². The van der Waals surface area contributed by atoms with Gasteiger partial charge in [0.1, 0.15) is 5.25 Å². The van der Waals surface area contributed by atoms with Gasteiger partial charge in [0.15, 0.2) is 5.17 Å². The van der Waals surface area contributed by atoms with Crippen LogP contribution in [0.25, 0.3) is 0 Å². The van der Waals surface area contributed by atoms with Gasteiger partial charge in [0.05, 0.1) is 12.6 Å². The van der Waals surface area contributed by atoms with Crippen LogP contribution in [0.15, 0.2) is 34.5 Å². The van der Waals surface area contributed by atoms with Crippen LogP contribution in [0.4, 0.5) is 0 Å². The van der Waals surface area contributed by atoms with E-state index in [0.717, 1.165) is 30.4 Å². The fourth-order valence-electron chi connectivity index (χ4n) is 3.30. The summed E-state index contributed by atoms with van der Waals surface area (Å²) in [6.07, 6.45) is 5.23. The van der Waals surface area contributed by atoms with Gasteiger partial charge in [-0.15, -0.1) is 5.10 Å². The molecule has 0 bridgehead atoms. The summed E-state index contributed by atoms with van der Waals surface area (Å²) < 4.78 is 0. The van der Waals surface area contributed by atoms with Crippen LogP contribution < -0.4 is 5.32 Å². The fraction of sp³-hybridized carbons (Fsp3) is 0.474. The Morgan fingerprint density at radius 2 is 2.22 bits per heavy atom. The Bertz CT molecular complexity index is 765. The van der Waals surface area contributed by atoms with Gasteiger partial charge >= 0.3 is 5.97 Å². The number of carboxylic acid groups (broad SMARTS) is 1. The van der Waals surface area contributed by atoms with E-state index in [-0.39, 0.29) is 12.3 Å². The molecule has 1 aromatic carbocycles. The van der Waals surface area contributed by atoms with Crippen LogP contribution >= 0.6 is 11.8 Å². The summed E-state index contributed by atoms with van der Waals surface area (Å²) >= 11 is 1.10. The molecule has 2 atom stereocenters. The smallest absolute Gasteiger partial charge is 0.305 e. The largest absolute Gasteiger partial charge is 0.481 e. The van der Waals surface area contributed by atoms with Crippen LogP contribution in [-0.2, 0) is 16.1 Å². The maximum absolute atomic E-state index is 11.7. The Morgan fingerprint density at radius 3 is 3.00 bits per heavy atom. The van der Waals surface area contributed by atoms with Crippen LogP contribution in [0, 0.1) is 0 Å². The second-order valence-electron chi connectivity index (χ2n) is 6.86. The van der Waals surface area contributed by atoms with Gasteiger partial charge in [0.25, 0.3) is 0 Å². The van der Waals surface area contributed by atoms with Crippen LogP contribution in [0.1, 0.15) is 43.7 Å². The quantitative estimate of drug-likeness (QED) is 0.577. The summed E-state index contributed by atoms with van der Waals surface area (Å²) in [5.41, 5.74) is 2.19. The zero-order valence-electron chi connectivity index (χ0n) is 15.3. The number of nitrogens with one attached hydrogen (secondary N) is 1. The molecule has 144 valence electrons. The first-order chi connectivity index (χ1) is 13.0. The number of rotatable bonds is 6. The van der Waals surface area contributed by atoms with Crippen LogP contribution in [0.2, 0.25) is 0 Å². The number of nitrogens with zero attached hydrogens (tertiary/aromatic N) is 3. The number of aliphatic carboxylic acids is 1. The molecule has 2 N–H and O–H groups in total. The van der Waals surface area contributed by atoms with E-state index < -0.39 is 11.2 Å². The Kier molecular flexibility index (Phi) is 6.63. The average molecular weight is 388 g/mol. The Balaban J connectivity index is 1.65. The first-order valence-corrected chi connectivity index (χ1v) is 10.0.